The molecule has 7 rings (SSSR count). The third kappa shape index (κ3) is 5.86. The minimum absolute atomic E-state index is 0.00485. The number of hydrogen-bond donors (Lipinski definition) is 0. The van der Waals surface area contributed by atoms with Gasteiger partial charge >= 0.3 is 16.3 Å². The van der Waals surface area contributed by atoms with E-state index in [0.717, 1.165) is 38.9 Å². The van der Waals surface area contributed by atoms with Gasteiger partial charge in [0.1, 0.15) is 23.6 Å². The number of aromatic nitrogens is 3. The van der Waals surface area contributed by atoms with Crippen molar-refractivity contribution in [1.82, 2.24) is 19.3 Å². The first-order valence-corrected chi connectivity index (χ1v) is 16.2. The first-order valence-electron chi connectivity index (χ1n) is 14.5. The van der Waals surface area contributed by atoms with Crippen LogP contribution in [0.1, 0.15) is 52.6 Å². The van der Waals surface area contributed by atoms with Gasteiger partial charge in [-0.2, -0.15) is 12.7 Å². The van der Waals surface area contributed by atoms with E-state index in [1.807, 2.05) is 44.2 Å². The lowest BCUT2D eigenvalue weighted by Crippen LogP contribution is -2.37. The fourth-order valence-corrected chi connectivity index (χ4v) is 7.07. The zero-order valence-electron chi connectivity index (χ0n) is 24.7. The fraction of sp³-hybridized carbons (Fsp3) is 0.387. The second-order valence-electron chi connectivity index (χ2n) is 10.8. The largest absolute Gasteiger partial charge is 0.490 e. The van der Waals surface area contributed by atoms with Gasteiger partial charge < -0.3 is 18.4 Å². The van der Waals surface area contributed by atoms with Gasteiger partial charge in [0.25, 0.3) is 0 Å². The van der Waals surface area contributed by atoms with Crippen LogP contribution in [-0.4, -0.2) is 60.1 Å². The minimum Gasteiger partial charge on any atom is -0.490 e. The van der Waals surface area contributed by atoms with Crippen LogP contribution < -0.4 is 8.92 Å². The Morgan fingerprint density at radius 2 is 1.89 bits per heavy atom. The number of fused-ring (bicyclic) bond motifs is 6. The van der Waals surface area contributed by atoms with E-state index in [-0.39, 0.29) is 55.4 Å². The quantitative estimate of drug-likeness (QED) is 0.290. The predicted octanol–water partition coefficient (Wildman–Crippen LogP) is 4.84. The molecule has 0 spiro atoms. The predicted molar refractivity (Wildman–Crippen MR) is 163 cm³/mol. The number of benzene rings is 3. The molecule has 0 saturated heterocycles. The molecule has 3 aliphatic heterocycles. The molecule has 1 aromatic heterocycles. The van der Waals surface area contributed by atoms with Gasteiger partial charge in [0.2, 0.25) is 0 Å². The molecule has 0 fully saturated rings. The van der Waals surface area contributed by atoms with Crippen molar-refractivity contribution in [3.8, 4) is 11.5 Å². The molecule has 4 aromatic rings. The van der Waals surface area contributed by atoms with Gasteiger partial charge in [-0.3, -0.25) is 4.79 Å². The molecule has 11 nitrogen and oxygen atoms in total. The van der Waals surface area contributed by atoms with Crippen LogP contribution in [0.2, 0.25) is 5.02 Å². The number of rotatable bonds is 3. The van der Waals surface area contributed by atoms with Crippen LogP contribution in [0.4, 0.5) is 0 Å². The zero-order valence-corrected chi connectivity index (χ0v) is 26.3. The van der Waals surface area contributed by atoms with E-state index in [1.54, 1.807) is 23.7 Å². The van der Waals surface area contributed by atoms with Crippen molar-refractivity contribution in [1.29, 1.82) is 0 Å². The maximum atomic E-state index is 13.2. The van der Waals surface area contributed by atoms with Gasteiger partial charge in [-0.05, 0) is 66.8 Å². The lowest BCUT2D eigenvalue weighted by molar-refractivity contribution is -0.143. The summed E-state index contributed by atoms with van der Waals surface area (Å²) < 4.78 is 52.0. The number of carbonyl (C=O) groups excluding carboxylic acids is 1. The summed E-state index contributed by atoms with van der Waals surface area (Å²) >= 11 is 6.70. The van der Waals surface area contributed by atoms with E-state index in [4.69, 9.17) is 30.0 Å². The second-order valence-corrected chi connectivity index (χ2v) is 12.7. The lowest BCUT2D eigenvalue weighted by atomic mass is 9.84. The smallest absolute Gasteiger partial charge is 0.385 e. The molecule has 2 atom stereocenters. The van der Waals surface area contributed by atoms with Gasteiger partial charge in [0.05, 0.1) is 43.3 Å². The van der Waals surface area contributed by atoms with Crippen LogP contribution >= 0.6 is 11.6 Å². The summed E-state index contributed by atoms with van der Waals surface area (Å²) in [6, 6.07) is 13.0. The van der Waals surface area contributed by atoms with Crippen LogP contribution in [0.25, 0.3) is 11.0 Å². The fourth-order valence-electron chi connectivity index (χ4n) is 5.73. The van der Waals surface area contributed by atoms with E-state index < -0.39 is 10.3 Å². The molecule has 0 aliphatic carbocycles. The number of esters is 1. The Morgan fingerprint density at radius 3 is 2.70 bits per heavy atom. The highest BCUT2D eigenvalue weighted by Gasteiger charge is 2.34. The molecule has 9 bridgehead atoms. The summed E-state index contributed by atoms with van der Waals surface area (Å²) in [5.74, 6) is -0.117. The third-order valence-electron chi connectivity index (χ3n) is 8.10. The summed E-state index contributed by atoms with van der Waals surface area (Å²) in [5, 5.41) is 9.11. The van der Waals surface area contributed by atoms with Crippen molar-refractivity contribution >= 4 is 38.9 Å². The summed E-state index contributed by atoms with van der Waals surface area (Å²) in [7, 11) is -4.11. The molecule has 0 amide bonds. The zero-order chi connectivity index (χ0) is 31.0. The van der Waals surface area contributed by atoms with Crippen molar-refractivity contribution < 1.29 is 31.6 Å². The van der Waals surface area contributed by atoms with Crippen LogP contribution in [0.5, 0.6) is 11.5 Å². The van der Waals surface area contributed by atoms with E-state index in [2.05, 4.69) is 10.3 Å². The molecule has 0 radical (unpaired) electrons. The second kappa shape index (κ2) is 12.4. The van der Waals surface area contributed by atoms with Crippen LogP contribution in [0.15, 0.2) is 42.5 Å². The van der Waals surface area contributed by atoms with Crippen LogP contribution in [-0.2, 0) is 44.2 Å². The number of aryl methyl sites for hydroxylation is 2. The van der Waals surface area contributed by atoms with Crippen molar-refractivity contribution in [3.63, 3.8) is 0 Å². The highest BCUT2D eigenvalue weighted by molar-refractivity contribution is 7.84. The summed E-state index contributed by atoms with van der Waals surface area (Å²) in [4.78, 5) is 12.9. The molecule has 4 heterocycles. The lowest BCUT2D eigenvalue weighted by Gasteiger charge is -2.29. The van der Waals surface area contributed by atoms with Crippen molar-refractivity contribution in [3.05, 3.63) is 80.9 Å². The molecule has 3 aliphatic rings. The number of nitrogens with zero attached hydrogens (tertiary/aromatic N) is 4. The Hall–Kier alpha value is -3.71. The first kappa shape index (κ1) is 30.3. The minimum atomic E-state index is -4.11. The number of carbonyl (C=O) groups is 1. The average molecular weight is 641 g/mol. The molecule has 0 saturated carbocycles. The molecule has 232 valence electrons. The Bertz CT molecular complexity index is 1840. The number of hydrogen-bond acceptors (Lipinski definition) is 9. The highest BCUT2D eigenvalue weighted by atomic mass is 35.5. The standard InChI is InChI=1S/C31H33ClN4O7S/c1-4-41-29(37)16-24-21-6-5-19(2)22(15-21)17-35-18-25-27(43-44(35,38)39)9-10-28(30(25)32)42-14-13-40-12-11-36-26-8-7-23(24)20(3)31(26)33-34-36/h5-10,15,24H,4,11-14,16-18H2,1-3H3. The Labute approximate surface area is 260 Å². The van der Waals surface area contributed by atoms with Gasteiger partial charge in [-0.25, -0.2) is 4.68 Å². The Kier molecular flexibility index (Phi) is 8.51. The maximum Gasteiger partial charge on any atom is 0.385 e. The molecule has 0 N–H and O–H groups in total. The summed E-state index contributed by atoms with van der Waals surface area (Å²) in [6.07, 6.45) is 0.0988. The Balaban J connectivity index is 1.46. The van der Waals surface area contributed by atoms with E-state index in [1.165, 1.54) is 4.31 Å². The van der Waals surface area contributed by atoms with Gasteiger partial charge in [0.15, 0.2) is 0 Å². The van der Waals surface area contributed by atoms with Crippen LogP contribution in [0, 0.1) is 13.8 Å². The average Bonchev–Trinajstić information content (AvgIpc) is 3.40. The molecular weight excluding hydrogens is 608 g/mol. The highest BCUT2D eigenvalue weighted by Crippen LogP contribution is 2.41. The van der Waals surface area contributed by atoms with E-state index >= 15 is 0 Å². The van der Waals surface area contributed by atoms with Gasteiger partial charge in [0, 0.05) is 24.6 Å². The van der Waals surface area contributed by atoms with Crippen molar-refractivity contribution in [2.24, 2.45) is 0 Å². The molecule has 44 heavy (non-hydrogen) atoms. The monoisotopic (exact) mass is 640 g/mol. The van der Waals surface area contributed by atoms with Crippen LogP contribution in [0.3, 0.4) is 0 Å². The molecule has 13 heteroatoms. The summed E-state index contributed by atoms with van der Waals surface area (Å²) in [6.45, 7) is 7.41. The first-order chi connectivity index (χ1) is 21.2. The number of halogens is 1. The van der Waals surface area contributed by atoms with Crippen molar-refractivity contribution in [2.45, 2.75) is 52.7 Å². The number of ether oxygens (including phenoxy) is 3. The SMILES string of the molecule is CCOC(=O)CC1c2ccc(C)c(c2)CN2Cc3c(ccc(c3Cl)OCCOCCn3nnc4c(C)c1ccc43)OS2(=O)=O. The normalized spacial score (nSPS) is 19.7. The Morgan fingerprint density at radius 1 is 1.07 bits per heavy atom. The molecule has 3 aromatic carbocycles. The summed E-state index contributed by atoms with van der Waals surface area (Å²) in [5.41, 5.74) is 6.43. The van der Waals surface area contributed by atoms with Gasteiger partial charge in [-0.1, -0.05) is 41.1 Å². The molecular formula is C31H33ClN4O7S. The van der Waals surface area contributed by atoms with E-state index in [0.29, 0.717) is 31.1 Å². The third-order valence-corrected chi connectivity index (χ3v) is 9.79. The van der Waals surface area contributed by atoms with E-state index in [9.17, 15) is 13.2 Å². The topological polar surface area (TPSA) is 122 Å². The van der Waals surface area contributed by atoms with Crippen molar-refractivity contribution in [2.75, 3.05) is 26.4 Å². The van der Waals surface area contributed by atoms with Gasteiger partial charge in [-0.15, -0.1) is 5.10 Å². The molecule has 2 unspecified atom stereocenters. The maximum absolute atomic E-state index is 13.2.